The van der Waals surface area contributed by atoms with E-state index in [1.807, 2.05) is 6.07 Å². The van der Waals surface area contributed by atoms with Crippen molar-refractivity contribution < 1.29 is 4.52 Å². The first-order chi connectivity index (χ1) is 9.40. The van der Waals surface area contributed by atoms with E-state index in [2.05, 4.69) is 25.0 Å². The molecule has 2 fully saturated rings. The van der Waals surface area contributed by atoms with Crippen molar-refractivity contribution in [1.82, 2.24) is 20.1 Å². The van der Waals surface area contributed by atoms with E-state index in [1.54, 1.807) is 6.20 Å². The van der Waals surface area contributed by atoms with Crippen LogP contribution in [0.1, 0.15) is 37.4 Å². The summed E-state index contributed by atoms with van der Waals surface area (Å²) < 4.78 is 5.33. The van der Waals surface area contributed by atoms with Crippen molar-refractivity contribution in [3.05, 3.63) is 18.1 Å². The zero-order valence-electron chi connectivity index (χ0n) is 10.6. The molecule has 2 aromatic heterocycles. The maximum absolute atomic E-state index is 5.33. The molecule has 98 valence electrons. The summed E-state index contributed by atoms with van der Waals surface area (Å²) in [4.78, 5) is 15.4. The summed E-state index contributed by atoms with van der Waals surface area (Å²) in [5.41, 5.74) is 0.731. The van der Waals surface area contributed by atoms with Crippen molar-refractivity contribution in [3.63, 3.8) is 0 Å². The van der Waals surface area contributed by atoms with Crippen LogP contribution < -0.4 is 4.90 Å². The van der Waals surface area contributed by atoms with Gasteiger partial charge in [-0.2, -0.15) is 4.98 Å². The van der Waals surface area contributed by atoms with Gasteiger partial charge in [0.1, 0.15) is 11.5 Å². The first-order valence-corrected chi connectivity index (χ1v) is 6.82. The Kier molecular flexibility index (Phi) is 2.46. The smallest absolute Gasteiger partial charge is 0.278 e. The van der Waals surface area contributed by atoms with E-state index in [0.717, 1.165) is 24.6 Å². The highest BCUT2D eigenvalue weighted by Gasteiger charge is 2.27. The molecule has 3 heterocycles. The SMILES string of the molecule is c1cc(-c2nc(N3CCCC3)no2)nc(C2CC2)n1. The Hall–Kier alpha value is -1.98. The minimum Gasteiger partial charge on any atom is -0.338 e. The van der Waals surface area contributed by atoms with E-state index in [4.69, 9.17) is 4.52 Å². The van der Waals surface area contributed by atoms with Crippen LogP contribution in [0.25, 0.3) is 11.6 Å². The fraction of sp³-hybridized carbons (Fsp3) is 0.538. The lowest BCUT2D eigenvalue weighted by atomic mass is 10.3. The van der Waals surface area contributed by atoms with Crippen LogP contribution >= 0.6 is 0 Å². The van der Waals surface area contributed by atoms with Crippen molar-refractivity contribution in [2.24, 2.45) is 0 Å². The Morgan fingerprint density at radius 3 is 2.79 bits per heavy atom. The van der Waals surface area contributed by atoms with Crippen LogP contribution in [-0.4, -0.2) is 33.2 Å². The Balaban J connectivity index is 1.62. The van der Waals surface area contributed by atoms with Crippen LogP contribution in [0.5, 0.6) is 0 Å². The Morgan fingerprint density at radius 2 is 2.00 bits per heavy atom. The Morgan fingerprint density at radius 1 is 1.16 bits per heavy atom. The molecular weight excluding hydrogens is 242 g/mol. The third-order valence-electron chi connectivity index (χ3n) is 3.64. The second kappa shape index (κ2) is 4.29. The molecule has 0 spiro atoms. The molecule has 1 saturated heterocycles. The van der Waals surface area contributed by atoms with Gasteiger partial charge in [-0.05, 0) is 36.9 Å². The predicted octanol–water partition coefficient (Wildman–Crippen LogP) is 2.00. The summed E-state index contributed by atoms with van der Waals surface area (Å²) in [5.74, 6) is 2.60. The van der Waals surface area contributed by atoms with Crippen LogP contribution in [0.3, 0.4) is 0 Å². The molecule has 4 rings (SSSR count). The van der Waals surface area contributed by atoms with E-state index < -0.39 is 0 Å². The van der Waals surface area contributed by atoms with Crippen molar-refractivity contribution in [2.75, 3.05) is 18.0 Å². The van der Waals surface area contributed by atoms with Crippen molar-refractivity contribution in [3.8, 4) is 11.6 Å². The fourth-order valence-electron chi connectivity index (χ4n) is 2.40. The molecular formula is C13H15N5O. The van der Waals surface area contributed by atoms with Gasteiger partial charge in [-0.15, -0.1) is 0 Å². The number of hydrogen-bond acceptors (Lipinski definition) is 6. The third kappa shape index (κ3) is 2.07. The van der Waals surface area contributed by atoms with Crippen molar-refractivity contribution in [2.45, 2.75) is 31.6 Å². The lowest BCUT2D eigenvalue weighted by Crippen LogP contribution is -2.18. The van der Waals surface area contributed by atoms with E-state index in [1.165, 1.54) is 25.7 Å². The van der Waals surface area contributed by atoms with Gasteiger partial charge in [0, 0.05) is 25.2 Å². The van der Waals surface area contributed by atoms with Crippen LogP contribution in [0.15, 0.2) is 16.8 Å². The molecule has 0 unspecified atom stereocenters. The maximum Gasteiger partial charge on any atom is 0.278 e. The molecule has 0 radical (unpaired) electrons. The maximum atomic E-state index is 5.33. The lowest BCUT2D eigenvalue weighted by Gasteiger charge is -2.09. The largest absolute Gasteiger partial charge is 0.338 e. The third-order valence-corrected chi connectivity index (χ3v) is 3.64. The van der Waals surface area contributed by atoms with E-state index in [-0.39, 0.29) is 0 Å². The van der Waals surface area contributed by atoms with Gasteiger partial charge in [-0.1, -0.05) is 0 Å². The fourth-order valence-corrected chi connectivity index (χ4v) is 2.40. The minimum atomic E-state index is 0.492. The molecule has 0 bridgehead atoms. The molecule has 0 N–H and O–H groups in total. The zero-order valence-corrected chi connectivity index (χ0v) is 10.6. The van der Waals surface area contributed by atoms with Gasteiger partial charge in [0.15, 0.2) is 0 Å². The number of hydrogen-bond donors (Lipinski definition) is 0. The second-order valence-corrected chi connectivity index (χ2v) is 5.17. The van der Waals surface area contributed by atoms with Crippen molar-refractivity contribution in [1.29, 1.82) is 0 Å². The highest BCUT2D eigenvalue weighted by atomic mass is 16.5. The molecule has 1 aliphatic heterocycles. The van der Waals surface area contributed by atoms with Crippen LogP contribution in [-0.2, 0) is 0 Å². The minimum absolute atomic E-state index is 0.492. The summed E-state index contributed by atoms with van der Waals surface area (Å²) in [6.45, 7) is 2.02. The molecule has 0 amide bonds. The van der Waals surface area contributed by atoms with E-state index in [9.17, 15) is 0 Å². The van der Waals surface area contributed by atoms with Crippen molar-refractivity contribution >= 4 is 5.95 Å². The highest BCUT2D eigenvalue weighted by Crippen LogP contribution is 2.38. The average Bonchev–Trinajstić information content (AvgIpc) is 2.96. The molecule has 2 aromatic rings. The molecule has 2 aliphatic rings. The monoisotopic (exact) mass is 257 g/mol. The van der Waals surface area contributed by atoms with Gasteiger partial charge in [0.2, 0.25) is 0 Å². The average molecular weight is 257 g/mol. The van der Waals surface area contributed by atoms with Crippen LogP contribution in [0, 0.1) is 0 Å². The first-order valence-electron chi connectivity index (χ1n) is 6.82. The second-order valence-electron chi connectivity index (χ2n) is 5.17. The summed E-state index contributed by atoms with van der Waals surface area (Å²) in [7, 11) is 0. The van der Waals surface area contributed by atoms with Crippen LogP contribution in [0.4, 0.5) is 5.95 Å². The number of rotatable bonds is 3. The molecule has 6 heteroatoms. The van der Waals surface area contributed by atoms with Gasteiger partial charge >= 0.3 is 0 Å². The predicted molar refractivity (Wildman–Crippen MR) is 68.7 cm³/mol. The van der Waals surface area contributed by atoms with E-state index in [0.29, 0.717) is 17.8 Å². The summed E-state index contributed by atoms with van der Waals surface area (Å²) in [6, 6.07) is 1.83. The molecule has 0 atom stereocenters. The quantitative estimate of drug-likeness (QED) is 0.837. The van der Waals surface area contributed by atoms with E-state index >= 15 is 0 Å². The van der Waals surface area contributed by atoms with Gasteiger partial charge in [0.25, 0.3) is 11.8 Å². The molecule has 1 aliphatic carbocycles. The number of anilines is 1. The standard InChI is InChI=1S/C13H15N5O/c1-2-8-18(7-1)13-16-12(19-17-13)10-5-6-14-11(15-10)9-3-4-9/h5-6,9H,1-4,7-8H2. The number of aromatic nitrogens is 4. The normalized spacial score (nSPS) is 19.1. The molecule has 0 aromatic carbocycles. The topological polar surface area (TPSA) is 67.9 Å². The molecule has 19 heavy (non-hydrogen) atoms. The summed E-state index contributed by atoms with van der Waals surface area (Å²) >= 11 is 0. The molecule has 6 nitrogen and oxygen atoms in total. The van der Waals surface area contributed by atoms with Gasteiger partial charge < -0.3 is 9.42 Å². The number of nitrogens with zero attached hydrogens (tertiary/aromatic N) is 5. The van der Waals surface area contributed by atoms with Crippen LogP contribution in [0.2, 0.25) is 0 Å². The Labute approximate surface area is 110 Å². The Bertz CT molecular complexity index is 586. The highest BCUT2D eigenvalue weighted by molar-refractivity contribution is 5.48. The molecule has 1 saturated carbocycles. The lowest BCUT2D eigenvalue weighted by molar-refractivity contribution is 0.428. The van der Waals surface area contributed by atoms with Gasteiger partial charge in [0.05, 0.1) is 0 Å². The summed E-state index contributed by atoms with van der Waals surface area (Å²) in [5, 5.41) is 4.04. The first kappa shape index (κ1) is 10.9. The zero-order chi connectivity index (χ0) is 12.7. The van der Waals surface area contributed by atoms with Gasteiger partial charge in [-0.3, -0.25) is 0 Å². The summed E-state index contributed by atoms with van der Waals surface area (Å²) in [6.07, 6.45) is 6.54. The van der Waals surface area contributed by atoms with Gasteiger partial charge in [-0.25, -0.2) is 9.97 Å².